The van der Waals surface area contributed by atoms with Gasteiger partial charge in [0.05, 0.1) is 12.7 Å². The lowest BCUT2D eigenvalue weighted by Gasteiger charge is -2.37. The number of hydrogen-bond acceptors (Lipinski definition) is 5. The van der Waals surface area contributed by atoms with Crippen molar-refractivity contribution in [2.45, 2.75) is 58.5 Å². The number of hydrogen-bond donors (Lipinski definition) is 1. The van der Waals surface area contributed by atoms with Gasteiger partial charge in [0.25, 0.3) is 5.91 Å². The smallest absolute Gasteiger partial charge is 0.273 e. The van der Waals surface area contributed by atoms with Crippen LogP contribution in [0.2, 0.25) is 0 Å². The molecule has 3 rings (SSSR count). The SMILES string of the molecule is CC(C)NC(=O)c1cn(CCN2CCN(CC3CCCCC3)CC2)nn1. The summed E-state index contributed by atoms with van der Waals surface area (Å²) in [7, 11) is 0. The highest BCUT2D eigenvalue weighted by atomic mass is 16.2. The standard InChI is InChI=1S/C19H34N6O/c1-16(2)20-19(26)18-15-25(22-21-18)13-12-23-8-10-24(11-9-23)14-17-6-4-3-5-7-17/h15-17H,3-14H2,1-2H3,(H,20,26). The van der Waals surface area contributed by atoms with Crippen LogP contribution in [0.1, 0.15) is 56.4 Å². The maximum absolute atomic E-state index is 11.9. The molecule has 1 aromatic rings. The molecule has 26 heavy (non-hydrogen) atoms. The fourth-order valence-corrected chi connectivity index (χ4v) is 4.02. The Morgan fingerprint density at radius 1 is 1.12 bits per heavy atom. The van der Waals surface area contributed by atoms with Crippen LogP contribution in [0.4, 0.5) is 0 Å². The second-order valence-corrected chi connectivity index (χ2v) is 8.14. The molecule has 0 aromatic carbocycles. The number of carbonyl (C=O) groups excluding carboxylic acids is 1. The van der Waals surface area contributed by atoms with Crippen molar-refractivity contribution < 1.29 is 4.79 Å². The Labute approximate surface area is 157 Å². The van der Waals surface area contributed by atoms with E-state index in [2.05, 4.69) is 25.4 Å². The van der Waals surface area contributed by atoms with Crippen molar-refractivity contribution in [1.29, 1.82) is 0 Å². The van der Waals surface area contributed by atoms with Crippen molar-refractivity contribution >= 4 is 5.91 Å². The highest BCUT2D eigenvalue weighted by molar-refractivity contribution is 5.91. The Morgan fingerprint density at radius 3 is 2.50 bits per heavy atom. The summed E-state index contributed by atoms with van der Waals surface area (Å²) < 4.78 is 1.78. The second-order valence-electron chi connectivity index (χ2n) is 8.14. The normalized spacial score (nSPS) is 20.6. The summed E-state index contributed by atoms with van der Waals surface area (Å²) in [5, 5.41) is 10.9. The molecule has 1 saturated carbocycles. The van der Waals surface area contributed by atoms with Crippen molar-refractivity contribution in [2.75, 3.05) is 39.3 Å². The number of piperazine rings is 1. The Hall–Kier alpha value is -1.47. The maximum atomic E-state index is 11.9. The number of aromatic nitrogens is 3. The van der Waals surface area contributed by atoms with Crippen molar-refractivity contribution in [3.63, 3.8) is 0 Å². The second kappa shape index (κ2) is 9.46. The quantitative estimate of drug-likeness (QED) is 0.798. The van der Waals surface area contributed by atoms with Gasteiger partial charge < -0.3 is 10.2 Å². The van der Waals surface area contributed by atoms with Gasteiger partial charge in [0.15, 0.2) is 5.69 Å². The first-order valence-electron chi connectivity index (χ1n) is 10.3. The Bertz CT molecular complexity index is 558. The Kier molecular flexibility index (Phi) is 7.02. The van der Waals surface area contributed by atoms with Crippen LogP contribution in [-0.2, 0) is 6.54 Å². The molecule has 0 radical (unpaired) electrons. The minimum absolute atomic E-state index is 0.109. The van der Waals surface area contributed by atoms with E-state index < -0.39 is 0 Å². The summed E-state index contributed by atoms with van der Waals surface area (Å²) in [6, 6.07) is 0.109. The third-order valence-electron chi connectivity index (χ3n) is 5.54. The van der Waals surface area contributed by atoms with Gasteiger partial charge in [-0.2, -0.15) is 0 Å². The summed E-state index contributed by atoms with van der Waals surface area (Å²) in [4.78, 5) is 17.1. The van der Waals surface area contributed by atoms with Crippen molar-refractivity contribution in [3.8, 4) is 0 Å². The van der Waals surface area contributed by atoms with E-state index in [9.17, 15) is 4.79 Å². The summed E-state index contributed by atoms with van der Waals surface area (Å²) in [6.45, 7) is 11.5. The average Bonchev–Trinajstić information content (AvgIpc) is 3.11. The molecular formula is C19H34N6O. The predicted molar refractivity (Wildman–Crippen MR) is 102 cm³/mol. The van der Waals surface area contributed by atoms with Gasteiger partial charge in [0.1, 0.15) is 0 Å². The number of amides is 1. The third kappa shape index (κ3) is 5.77. The predicted octanol–water partition coefficient (Wildman–Crippen LogP) is 1.61. The van der Waals surface area contributed by atoms with Gasteiger partial charge in [-0.3, -0.25) is 14.4 Å². The molecule has 2 aliphatic rings. The van der Waals surface area contributed by atoms with Gasteiger partial charge in [-0.05, 0) is 32.6 Å². The molecule has 2 heterocycles. The molecule has 1 amide bonds. The molecule has 1 aliphatic heterocycles. The van der Waals surface area contributed by atoms with Crippen molar-refractivity contribution in [2.24, 2.45) is 5.92 Å². The zero-order valence-corrected chi connectivity index (χ0v) is 16.4. The lowest BCUT2D eigenvalue weighted by atomic mass is 9.89. The number of nitrogens with zero attached hydrogens (tertiary/aromatic N) is 5. The highest BCUT2D eigenvalue weighted by Crippen LogP contribution is 2.24. The molecule has 1 saturated heterocycles. The lowest BCUT2D eigenvalue weighted by Crippen LogP contribution is -2.48. The molecule has 0 bridgehead atoms. The molecule has 1 aromatic heterocycles. The lowest BCUT2D eigenvalue weighted by molar-refractivity contribution is 0.0938. The molecule has 1 aliphatic carbocycles. The van der Waals surface area contributed by atoms with Crippen LogP contribution >= 0.6 is 0 Å². The van der Waals surface area contributed by atoms with Gasteiger partial charge in [-0.25, -0.2) is 0 Å². The summed E-state index contributed by atoms with van der Waals surface area (Å²) >= 11 is 0. The van der Waals surface area contributed by atoms with Crippen LogP contribution in [0.15, 0.2) is 6.20 Å². The van der Waals surface area contributed by atoms with Gasteiger partial charge in [-0.15, -0.1) is 5.10 Å². The van der Waals surface area contributed by atoms with Gasteiger partial charge in [0, 0.05) is 45.3 Å². The highest BCUT2D eigenvalue weighted by Gasteiger charge is 2.21. The first-order chi connectivity index (χ1) is 12.6. The molecule has 0 atom stereocenters. The Balaban J connectivity index is 1.36. The van der Waals surface area contributed by atoms with E-state index in [-0.39, 0.29) is 11.9 Å². The molecule has 0 spiro atoms. The molecule has 7 heteroatoms. The molecular weight excluding hydrogens is 328 g/mol. The summed E-state index contributed by atoms with van der Waals surface area (Å²) in [5.41, 5.74) is 0.399. The summed E-state index contributed by atoms with van der Waals surface area (Å²) in [6.07, 6.45) is 8.91. The number of nitrogens with one attached hydrogen (secondary N) is 1. The van der Waals surface area contributed by atoms with Gasteiger partial charge in [-0.1, -0.05) is 24.5 Å². The van der Waals surface area contributed by atoms with E-state index >= 15 is 0 Å². The number of rotatable bonds is 7. The largest absolute Gasteiger partial charge is 0.348 e. The van der Waals surface area contributed by atoms with Crippen LogP contribution < -0.4 is 5.32 Å². The fourth-order valence-electron chi connectivity index (χ4n) is 4.02. The molecule has 7 nitrogen and oxygen atoms in total. The monoisotopic (exact) mass is 362 g/mol. The Morgan fingerprint density at radius 2 is 1.81 bits per heavy atom. The first kappa shape index (κ1) is 19.3. The van der Waals surface area contributed by atoms with Crippen LogP contribution in [-0.4, -0.2) is 76.0 Å². The van der Waals surface area contributed by atoms with E-state index in [1.165, 1.54) is 51.7 Å². The number of carbonyl (C=O) groups is 1. The van der Waals surface area contributed by atoms with Gasteiger partial charge in [0.2, 0.25) is 0 Å². The van der Waals surface area contributed by atoms with Crippen molar-refractivity contribution in [3.05, 3.63) is 11.9 Å². The average molecular weight is 363 g/mol. The van der Waals surface area contributed by atoms with E-state index in [4.69, 9.17) is 0 Å². The van der Waals surface area contributed by atoms with Crippen LogP contribution in [0, 0.1) is 5.92 Å². The molecule has 146 valence electrons. The molecule has 2 fully saturated rings. The molecule has 0 unspecified atom stereocenters. The van der Waals surface area contributed by atoms with E-state index in [1.807, 2.05) is 13.8 Å². The van der Waals surface area contributed by atoms with Crippen LogP contribution in [0.25, 0.3) is 0 Å². The topological polar surface area (TPSA) is 66.3 Å². The van der Waals surface area contributed by atoms with Crippen LogP contribution in [0.5, 0.6) is 0 Å². The van der Waals surface area contributed by atoms with Crippen molar-refractivity contribution in [1.82, 2.24) is 30.1 Å². The van der Waals surface area contributed by atoms with E-state index in [0.717, 1.165) is 32.1 Å². The first-order valence-corrected chi connectivity index (χ1v) is 10.3. The maximum Gasteiger partial charge on any atom is 0.273 e. The zero-order chi connectivity index (χ0) is 18.4. The molecule has 1 N–H and O–H groups in total. The van der Waals surface area contributed by atoms with Gasteiger partial charge >= 0.3 is 0 Å². The zero-order valence-electron chi connectivity index (χ0n) is 16.4. The minimum atomic E-state index is -0.150. The third-order valence-corrected chi connectivity index (χ3v) is 5.54. The summed E-state index contributed by atoms with van der Waals surface area (Å²) in [5.74, 6) is 0.781. The fraction of sp³-hybridized carbons (Fsp3) is 0.842. The van der Waals surface area contributed by atoms with Crippen LogP contribution in [0.3, 0.4) is 0 Å². The minimum Gasteiger partial charge on any atom is -0.348 e. The van der Waals surface area contributed by atoms with E-state index in [0.29, 0.717) is 5.69 Å². The van der Waals surface area contributed by atoms with E-state index in [1.54, 1.807) is 10.9 Å².